The molecular weight excluding hydrogens is 431 g/mol. The van der Waals surface area contributed by atoms with Crippen LogP contribution in [0.4, 0.5) is 18.0 Å². The molecule has 1 atom stereocenters. The topological polar surface area (TPSA) is 110 Å². The molecule has 0 aliphatic carbocycles. The Morgan fingerprint density at radius 3 is 2.12 bits per heavy atom. The van der Waals surface area contributed by atoms with Crippen LogP contribution in [0.25, 0.3) is 0 Å². The average Bonchev–Trinajstić information content (AvgIpc) is 2.90. The predicted molar refractivity (Wildman–Crippen MR) is 105 cm³/mol. The van der Waals surface area contributed by atoms with Crippen LogP contribution in [0, 0.1) is 42.4 Å². The number of hydrogen-bond acceptors (Lipinski definition) is 5. The van der Waals surface area contributed by atoms with E-state index in [-0.39, 0.29) is 23.6 Å². The first-order valence-corrected chi connectivity index (χ1v) is 9.68. The first kappa shape index (κ1) is 23.3. The first-order valence-electron chi connectivity index (χ1n) is 9.68. The molecule has 172 valence electrons. The molecule has 1 aliphatic heterocycles. The number of urea groups is 1. The van der Waals surface area contributed by atoms with Crippen molar-refractivity contribution in [3.05, 3.63) is 57.6 Å². The summed E-state index contributed by atoms with van der Waals surface area (Å²) < 4.78 is 43.9. The van der Waals surface area contributed by atoms with Crippen molar-refractivity contribution < 1.29 is 32.3 Å². The van der Waals surface area contributed by atoms with E-state index in [1.165, 1.54) is 6.92 Å². The molecule has 0 spiro atoms. The van der Waals surface area contributed by atoms with E-state index >= 15 is 0 Å². The molecule has 0 radical (unpaired) electrons. The second kappa shape index (κ2) is 8.61. The van der Waals surface area contributed by atoms with Crippen molar-refractivity contribution in [3.8, 4) is 0 Å². The van der Waals surface area contributed by atoms with Crippen LogP contribution in [0.1, 0.15) is 28.7 Å². The number of carbonyl (C=O) groups is 3. The van der Waals surface area contributed by atoms with Crippen LogP contribution in [0.5, 0.6) is 0 Å². The molecule has 1 aromatic carbocycles. The molecule has 1 saturated heterocycles. The lowest BCUT2D eigenvalue weighted by molar-refractivity contribution is -0.621. The minimum Gasteiger partial charge on any atom is -0.711 e. The molecule has 0 bridgehead atoms. The molecule has 0 saturated carbocycles. The maximum atomic E-state index is 14.1. The van der Waals surface area contributed by atoms with E-state index < -0.39 is 47.1 Å². The maximum Gasteiger partial charge on any atom is 0.328 e. The number of halogens is 3. The van der Waals surface area contributed by atoms with Crippen LogP contribution in [0.3, 0.4) is 0 Å². The summed E-state index contributed by atoms with van der Waals surface area (Å²) in [5, 5.41) is 17.0. The molecule has 1 aromatic heterocycles. The van der Waals surface area contributed by atoms with E-state index in [9.17, 15) is 32.8 Å². The molecule has 3 rings (SSSR count). The van der Waals surface area contributed by atoms with Gasteiger partial charge in [0.2, 0.25) is 11.8 Å². The fourth-order valence-electron chi connectivity index (χ4n) is 3.75. The summed E-state index contributed by atoms with van der Waals surface area (Å²) in [7, 11) is 3.60. The molecule has 2 N–H and O–H groups in total. The number of likely N-dealkylation sites (N-methyl/N-ethyl adjacent to an activating group) is 1. The van der Waals surface area contributed by atoms with Crippen LogP contribution in [-0.2, 0) is 16.1 Å². The zero-order valence-corrected chi connectivity index (χ0v) is 17.8. The van der Waals surface area contributed by atoms with E-state index in [0.29, 0.717) is 29.1 Å². The molecule has 4 amide bonds. The van der Waals surface area contributed by atoms with E-state index in [4.69, 9.17) is 0 Å². The van der Waals surface area contributed by atoms with Gasteiger partial charge in [-0.15, -0.1) is 0 Å². The SMILES string of the molecule is Cc1c(C)[n+]([O-])c([C@H](c2cc(F)c(F)c(F)c2)C2C(=O)NC(=O)NC2=O)n1CCN(C)C. The molecule has 32 heavy (non-hydrogen) atoms. The number of hydrogen-bond donors (Lipinski definition) is 2. The highest BCUT2D eigenvalue weighted by Gasteiger charge is 2.47. The first-order chi connectivity index (χ1) is 14.9. The quantitative estimate of drug-likeness (QED) is 0.291. The summed E-state index contributed by atoms with van der Waals surface area (Å²) in [5.74, 6) is -10.3. The van der Waals surface area contributed by atoms with Crippen molar-refractivity contribution in [3.63, 3.8) is 0 Å². The smallest absolute Gasteiger partial charge is 0.328 e. The Kier molecular flexibility index (Phi) is 6.26. The fourth-order valence-corrected chi connectivity index (χ4v) is 3.75. The zero-order chi connectivity index (χ0) is 23.9. The number of aromatic nitrogens is 2. The van der Waals surface area contributed by atoms with Crippen LogP contribution in [0.15, 0.2) is 12.1 Å². The summed E-state index contributed by atoms with van der Waals surface area (Å²) in [6.45, 7) is 3.88. The normalized spacial score (nSPS) is 15.8. The Labute approximate surface area is 181 Å². The summed E-state index contributed by atoms with van der Waals surface area (Å²) in [4.78, 5) is 38.6. The minimum atomic E-state index is -1.73. The van der Waals surface area contributed by atoms with Crippen LogP contribution >= 0.6 is 0 Å². The summed E-state index contributed by atoms with van der Waals surface area (Å²) >= 11 is 0. The highest BCUT2D eigenvalue weighted by atomic mass is 19.2. The molecule has 0 unspecified atom stereocenters. The van der Waals surface area contributed by atoms with Gasteiger partial charge < -0.3 is 10.1 Å². The van der Waals surface area contributed by atoms with Crippen molar-refractivity contribution >= 4 is 17.8 Å². The Morgan fingerprint density at radius 1 is 1.09 bits per heavy atom. The van der Waals surface area contributed by atoms with Gasteiger partial charge in [-0.3, -0.25) is 20.2 Å². The molecule has 2 aromatic rings. The molecular formula is C20H22F3N5O4. The van der Waals surface area contributed by atoms with Crippen molar-refractivity contribution in [2.45, 2.75) is 26.3 Å². The van der Waals surface area contributed by atoms with Crippen molar-refractivity contribution in [1.82, 2.24) is 20.1 Å². The van der Waals surface area contributed by atoms with Gasteiger partial charge in [0.15, 0.2) is 17.5 Å². The van der Waals surface area contributed by atoms with Gasteiger partial charge in [0, 0.05) is 20.4 Å². The van der Waals surface area contributed by atoms with E-state index in [1.54, 1.807) is 25.6 Å². The molecule has 1 fully saturated rings. The highest BCUT2D eigenvalue weighted by Crippen LogP contribution is 2.35. The summed E-state index contributed by atoms with van der Waals surface area (Å²) in [6.07, 6.45) is 0. The van der Waals surface area contributed by atoms with Crippen molar-refractivity contribution in [1.29, 1.82) is 0 Å². The maximum absolute atomic E-state index is 14.1. The van der Waals surface area contributed by atoms with Gasteiger partial charge in [-0.25, -0.2) is 27.3 Å². The van der Waals surface area contributed by atoms with Gasteiger partial charge in [-0.05, 0) is 31.8 Å². The summed E-state index contributed by atoms with van der Waals surface area (Å²) in [6, 6.07) is 0.207. The number of nitrogens with zero attached hydrogens (tertiary/aromatic N) is 3. The van der Waals surface area contributed by atoms with Crippen molar-refractivity contribution in [2.75, 3.05) is 20.6 Å². The third-order valence-electron chi connectivity index (χ3n) is 5.50. The monoisotopic (exact) mass is 453 g/mol. The van der Waals surface area contributed by atoms with Crippen LogP contribution < -0.4 is 15.4 Å². The molecule has 9 nitrogen and oxygen atoms in total. The van der Waals surface area contributed by atoms with Crippen LogP contribution in [-0.4, -0.2) is 48.0 Å². The van der Waals surface area contributed by atoms with Gasteiger partial charge in [-0.2, -0.15) is 0 Å². The number of barbiturate groups is 1. The molecule has 2 heterocycles. The standard InChI is InChI=1S/C20H22F3N5O4/c1-9-10(2)28(32)19(27(9)6-5-26(3)4)14(11-7-12(21)16(23)13(22)8-11)15-17(29)24-20(31)25-18(15)30/h7-8,14-15H,5-6H2,1-4H3,(H2,24,25,29,30,31)/t14-/m1/s1. The number of rotatable bonds is 6. The van der Waals surface area contributed by atoms with E-state index in [0.717, 1.165) is 0 Å². The second-order valence-electron chi connectivity index (χ2n) is 7.84. The number of imide groups is 2. The van der Waals surface area contributed by atoms with Gasteiger partial charge in [0.05, 0.1) is 0 Å². The number of carbonyl (C=O) groups excluding carboxylic acids is 3. The third-order valence-corrected chi connectivity index (χ3v) is 5.50. The Hall–Kier alpha value is -3.41. The Bertz CT molecular complexity index is 1070. The molecule has 1 aliphatic rings. The van der Waals surface area contributed by atoms with E-state index in [2.05, 4.69) is 0 Å². The Balaban J connectivity index is 2.29. The predicted octanol–water partition coefficient (Wildman–Crippen LogP) is 0.831. The highest BCUT2D eigenvalue weighted by molar-refractivity contribution is 6.16. The Morgan fingerprint density at radius 2 is 1.62 bits per heavy atom. The lowest BCUT2D eigenvalue weighted by atomic mass is 9.82. The summed E-state index contributed by atoms with van der Waals surface area (Å²) in [5.41, 5.74) is 0.455. The number of benzene rings is 1. The van der Waals surface area contributed by atoms with Gasteiger partial charge in [-0.1, -0.05) is 0 Å². The van der Waals surface area contributed by atoms with Gasteiger partial charge in [0.1, 0.15) is 29.8 Å². The lowest BCUT2D eigenvalue weighted by Gasteiger charge is -2.28. The number of nitrogens with one attached hydrogen (secondary N) is 2. The van der Waals surface area contributed by atoms with Crippen molar-refractivity contribution in [2.24, 2.45) is 5.92 Å². The minimum absolute atomic E-state index is 0.142. The lowest BCUT2D eigenvalue weighted by Crippen LogP contribution is -2.58. The fraction of sp³-hybridized carbons (Fsp3) is 0.400. The number of imidazole rings is 1. The largest absolute Gasteiger partial charge is 0.711 e. The third kappa shape index (κ3) is 4.05. The van der Waals surface area contributed by atoms with Gasteiger partial charge >= 0.3 is 6.03 Å². The number of amides is 4. The average molecular weight is 453 g/mol. The molecule has 12 heteroatoms. The van der Waals surface area contributed by atoms with E-state index in [1.807, 2.05) is 15.5 Å². The second-order valence-corrected chi connectivity index (χ2v) is 7.84. The van der Waals surface area contributed by atoms with Crippen LogP contribution in [0.2, 0.25) is 0 Å². The zero-order valence-electron chi connectivity index (χ0n) is 17.8. The van der Waals surface area contributed by atoms with Gasteiger partial charge in [0.25, 0.3) is 5.82 Å².